The maximum Gasteiger partial charge on any atom is 0.0222 e. The largest absolute Gasteiger partial charge is 0.309 e. The summed E-state index contributed by atoms with van der Waals surface area (Å²) in [6.45, 7) is 3.05. The van der Waals surface area contributed by atoms with Gasteiger partial charge in [0.05, 0.1) is 0 Å². The van der Waals surface area contributed by atoms with E-state index in [1.807, 2.05) is 0 Å². The first-order valence-electron chi connectivity index (χ1n) is 6.77. The first-order chi connectivity index (χ1) is 9.22. The Morgan fingerprint density at radius 2 is 1.79 bits per heavy atom. The molecule has 1 N–H and O–H groups in total. The van der Waals surface area contributed by atoms with Crippen molar-refractivity contribution in [2.75, 3.05) is 0 Å². The Kier molecular flexibility index (Phi) is 3.72. The molecule has 0 aliphatic heterocycles. The molecule has 0 heterocycles. The van der Waals surface area contributed by atoms with Crippen molar-refractivity contribution in [2.24, 2.45) is 0 Å². The Balaban J connectivity index is 1.63. The summed E-state index contributed by atoms with van der Waals surface area (Å²) in [5, 5.41) is 3.68. The SMILES string of the molecule is Cc1ccc(CNC2Cc3ccccc3C2)c(Br)c1. The molecule has 0 saturated carbocycles. The number of nitrogens with one attached hydrogen (secondary N) is 1. The third kappa shape index (κ3) is 2.90. The third-order valence-corrected chi connectivity index (χ3v) is 4.58. The minimum Gasteiger partial charge on any atom is -0.309 e. The number of hydrogen-bond donors (Lipinski definition) is 1. The summed E-state index contributed by atoms with van der Waals surface area (Å²) in [5.41, 5.74) is 5.64. The summed E-state index contributed by atoms with van der Waals surface area (Å²) in [4.78, 5) is 0. The normalized spacial score (nSPS) is 14.6. The van der Waals surface area contributed by atoms with Crippen molar-refractivity contribution < 1.29 is 0 Å². The molecule has 98 valence electrons. The maximum atomic E-state index is 3.68. The Labute approximate surface area is 123 Å². The van der Waals surface area contributed by atoms with Crippen LogP contribution in [-0.2, 0) is 19.4 Å². The van der Waals surface area contributed by atoms with E-state index in [0.717, 1.165) is 19.4 Å². The average Bonchev–Trinajstić information content (AvgIpc) is 2.80. The monoisotopic (exact) mass is 315 g/mol. The lowest BCUT2D eigenvalue weighted by Gasteiger charge is -2.13. The van der Waals surface area contributed by atoms with Crippen LogP contribution in [0, 0.1) is 6.92 Å². The number of hydrogen-bond acceptors (Lipinski definition) is 1. The molecule has 0 saturated heterocycles. The van der Waals surface area contributed by atoms with Crippen LogP contribution in [0.4, 0.5) is 0 Å². The van der Waals surface area contributed by atoms with Crippen LogP contribution in [0.25, 0.3) is 0 Å². The summed E-state index contributed by atoms with van der Waals surface area (Å²) >= 11 is 3.64. The molecule has 0 aromatic heterocycles. The van der Waals surface area contributed by atoms with Crippen molar-refractivity contribution in [3.05, 3.63) is 69.2 Å². The molecule has 1 aliphatic rings. The zero-order chi connectivity index (χ0) is 13.2. The van der Waals surface area contributed by atoms with Gasteiger partial charge in [-0.05, 0) is 48.1 Å². The van der Waals surface area contributed by atoms with Crippen LogP contribution in [0.5, 0.6) is 0 Å². The quantitative estimate of drug-likeness (QED) is 0.902. The summed E-state index contributed by atoms with van der Waals surface area (Å²) in [6.07, 6.45) is 2.30. The van der Waals surface area contributed by atoms with Gasteiger partial charge in [-0.25, -0.2) is 0 Å². The van der Waals surface area contributed by atoms with Gasteiger partial charge in [-0.1, -0.05) is 52.3 Å². The van der Waals surface area contributed by atoms with Gasteiger partial charge in [-0.2, -0.15) is 0 Å². The van der Waals surface area contributed by atoms with Gasteiger partial charge in [0.2, 0.25) is 0 Å². The van der Waals surface area contributed by atoms with E-state index in [9.17, 15) is 0 Å². The summed E-state index contributed by atoms with van der Waals surface area (Å²) in [7, 11) is 0. The molecule has 2 aromatic rings. The minimum atomic E-state index is 0.575. The summed E-state index contributed by atoms with van der Waals surface area (Å²) in [5.74, 6) is 0. The van der Waals surface area contributed by atoms with Crippen molar-refractivity contribution in [1.82, 2.24) is 5.32 Å². The van der Waals surface area contributed by atoms with Crippen LogP contribution < -0.4 is 5.32 Å². The highest BCUT2D eigenvalue weighted by molar-refractivity contribution is 9.10. The molecule has 0 atom stereocenters. The average molecular weight is 316 g/mol. The van der Waals surface area contributed by atoms with E-state index in [1.165, 1.54) is 26.7 Å². The zero-order valence-electron chi connectivity index (χ0n) is 11.1. The lowest BCUT2D eigenvalue weighted by atomic mass is 10.1. The molecule has 19 heavy (non-hydrogen) atoms. The number of rotatable bonds is 3. The number of halogens is 1. The van der Waals surface area contributed by atoms with Crippen molar-refractivity contribution in [3.8, 4) is 0 Å². The molecule has 2 heteroatoms. The van der Waals surface area contributed by atoms with Gasteiger partial charge >= 0.3 is 0 Å². The van der Waals surface area contributed by atoms with Crippen LogP contribution in [0.1, 0.15) is 22.3 Å². The third-order valence-electron chi connectivity index (χ3n) is 3.84. The summed E-state index contributed by atoms with van der Waals surface area (Å²) in [6, 6.07) is 15.9. The molecule has 0 unspecified atom stereocenters. The van der Waals surface area contributed by atoms with Gasteiger partial charge in [0, 0.05) is 17.1 Å². The highest BCUT2D eigenvalue weighted by atomic mass is 79.9. The standard InChI is InChI=1S/C17H18BrN/c1-12-6-7-15(17(18)8-12)11-19-16-9-13-4-2-3-5-14(13)10-16/h2-8,16,19H,9-11H2,1H3. The number of fused-ring (bicyclic) bond motifs is 1. The molecule has 0 spiro atoms. The maximum absolute atomic E-state index is 3.68. The molecular formula is C17H18BrN. The van der Waals surface area contributed by atoms with Gasteiger partial charge in [-0.15, -0.1) is 0 Å². The van der Waals surface area contributed by atoms with E-state index < -0.39 is 0 Å². The molecule has 0 amide bonds. The second-order valence-corrected chi connectivity index (χ2v) is 6.20. The summed E-state index contributed by atoms with van der Waals surface area (Å²) < 4.78 is 1.20. The highest BCUT2D eigenvalue weighted by Gasteiger charge is 2.20. The van der Waals surface area contributed by atoms with Crippen LogP contribution in [0.3, 0.4) is 0 Å². The fraction of sp³-hybridized carbons (Fsp3) is 0.294. The smallest absolute Gasteiger partial charge is 0.0222 e. The Hall–Kier alpha value is -1.12. The van der Waals surface area contributed by atoms with Crippen LogP contribution in [-0.4, -0.2) is 6.04 Å². The van der Waals surface area contributed by atoms with Crippen molar-refractivity contribution in [2.45, 2.75) is 32.4 Å². The second-order valence-electron chi connectivity index (χ2n) is 5.35. The molecule has 0 fully saturated rings. The Bertz CT molecular complexity index is 567. The van der Waals surface area contributed by atoms with Crippen molar-refractivity contribution >= 4 is 15.9 Å². The predicted molar refractivity (Wildman–Crippen MR) is 83.4 cm³/mol. The van der Waals surface area contributed by atoms with Gasteiger partial charge in [0.15, 0.2) is 0 Å². The topological polar surface area (TPSA) is 12.0 Å². The highest BCUT2D eigenvalue weighted by Crippen LogP contribution is 2.23. The molecule has 3 rings (SSSR count). The van der Waals surface area contributed by atoms with E-state index in [0.29, 0.717) is 6.04 Å². The van der Waals surface area contributed by atoms with Gasteiger partial charge in [-0.3, -0.25) is 0 Å². The molecule has 1 nitrogen and oxygen atoms in total. The Morgan fingerprint density at radius 1 is 1.11 bits per heavy atom. The fourth-order valence-corrected chi connectivity index (χ4v) is 3.39. The lowest BCUT2D eigenvalue weighted by molar-refractivity contribution is 0.532. The second kappa shape index (κ2) is 5.48. The molecule has 0 bridgehead atoms. The van der Waals surface area contributed by atoms with Crippen molar-refractivity contribution in [1.29, 1.82) is 0 Å². The first-order valence-corrected chi connectivity index (χ1v) is 7.57. The van der Waals surface area contributed by atoms with E-state index >= 15 is 0 Å². The first kappa shape index (κ1) is 12.9. The van der Waals surface area contributed by atoms with Gasteiger partial charge in [0.1, 0.15) is 0 Å². The van der Waals surface area contributed by atoms with E-state index in [2.05, 4.69) is 70.6 Å². The molecule has 2 aromatic carbocycles. The van der Waals surface area contributed by atoms with E-state index in [4.69, 9.17) is 0 Å². The minimum absolute atomic E-state index is 0.575. The zero-order valence-corrected chi connectivity index (χ0v) is 12.7. The molecule has 0 radical (unpaired) electrons. The van der Waals surface area contributed by atoms with E-state index in [1.54, 1.807) is 0 Å². The van der Waals surface area contributed by atoms with Crippen LogP contribution >= 0.6 is 15.9 Å². The van der Waals surface area contributed by atoms with Crippen molar-refractivity contribution in [3.63, 3.8) is 0 Å². The number of benzene rings is 2. The number of aryl methyl sites for hydroxylation is 1. The Morgan fingerprint density at radius 3 is 2.42 bits per heavy atom. The molecule has 1 aliphatic carbocycles. The van der Waals surface area contributed by atoms with Crippen LogP contribution in [0.15, 0.2) is 46.9 Å². The predicted octanol–water partition coefficient (Wildman–Crippen LogP) is 4.01. The van der Waals surface area contributed by atoms with Crippen LogP contribution in [0.2, 0.25) is 0 Å². The fourth-order valence-electron chi connectivity index (χ4n) is 2.75. The van der Waals surface area contributed by atoms with E-state index in [-0.39, 0.29) is 0 Å². The van der Waals surface area contributed by atoms with Gasteiger partial charge < -0.3 is 5.32 Å². The van der Waals surface area contributed by atoms with Gasteiger partial charge in [0.25, 0.3) is 0 Å². The lowest BCUT2D eigenvalue weighted by Crippen LogP contribution is -2.29. The molecular weight excluding hydrogens is 298 g/mol.